The standard InChI is InChI=1S/C16H17ClN2O2/c1-3-20-19-11(2)12-5-4-6-14(9-12)21-16-8-7-13(18)10-15(16)17/h4-10H,3,18H2,1-2H3. The topological polar surface area (TPSA) is 56.8 Å². The molecule has 2 rings (SSSR count). The van der Waals surface area contributed by atoms with Crippen molar-refractivity contribution < 1.29 is 9.57 Å². The molecule has 0 aliphatic heterocycles. The lowest BCUT2D eigenvalue weighted by Crippen LogP contribution is -1.97. The Bertz CT molecular complexity index is 656. The molecule has 0 atom stereocenters. The number of oxime groups is 1. The van der Waals surface area contributed by atoms with E-state index < -0.39 is 0 Å². The van der Waals surface area contributed by atoms with Crippen LogP contribution in [-0.2, 0) is 4.84 Å². The summed E-state index contributed by atoms with van der Waals surface area (Å²) in [4.78, 5) is 5.05. The largest absolute Gasteiger partial charge is 0.456 e. The first-order valence-electron chi connectivity index (χ1n) is 6.60. The van der Waals surface area contributed by atoms with Gasteiger partial charge >= 0.3 is 0 Å². The van der Waals surface area contributed by atoms with Gasteiger partial charge in [0.25, 0.3) is 0 Å². The van der Waals surface area contributed by atoms with Gasteiger partial charge < -0.3 is 15.3 Å². The van der Waals surface area contributed by atoms with E-state index in [4.69, 9.17) is 26.9 Å². The zero-order valence-corrected chi connectivity index (χ0v) is 12.7. The van der Waals surface area contributed by atoms with Crippen molar-refractivity contribution in [3.05, 3.63) is 53.1 Å². The van der Waals surface area contributed by atoms with E-state index in [0.717, 1.165) is 11.3 Å². The molecule has 0 bridgehead atoms. The summed E-state index contributed by atoms with van der Waals surface area (Å²) < 4.78 is 5.78. The van der Waals surface area contributed by atoms with Gasteiger partial charge in [-0.25, -0.2) is 0 Å². The Balaban J connectivity index is 2.21. The van der Waals surface area contributed by atoms with E-state index in [-0.39, 0.29) is 0 Å². The zero-order valence-electron chi connectivity index (χ0n) is 12.0. The molecule has 0 amide bonds. The van der Waals surface area contributed by atoms with Gasteiger partial charge in [-0.3, -0.25) is 0 Å². The maximum atomic E-state index is 6.10. The molecule has 2 aromatic rings. The van der Waals surface area contributed by atoms with Gasteiger partial charge in [0, 0.05) is 11.3 Å². The lowest BCUT2D eigenvalue weighted by Gasteiger charge is -2.09. The predicted molar refractivity (Wildman–Crippen MR) is 86.2 cm³/mol. The Morgan fingerprint density at radius 2 is 2.05 bits per heavy atom. The van der Waals surface area contributed by atoms with Crippen molar-refractivity contribution in [2.45, 2.75) is 13.8 Å². The van der Waals surface area contributed by atoms with Crippen LogP contribution in [0, 0.1) is 0 Å². The fraction of sp³-hybridized carbons (Fsp3) is 0.188. The molecule has 0 saturated carbocycles. The Kier molecular flexibility index (Phi) is 5.06. The van der Waals surface area contributed by atoms with Crippen LogP contribution in [0.1, 0.15) is 19.4 Å². The maximum Gasteiger partial charge on any atom is 0.146 e. The Morgan fingerprint density at radius 3 is 2.76 bits per heavy atom. The van der Waals surface area contributed by atoms with Crippen LogP contribution in [0.25, 0.3) is 0 Å². The first-order chi connectivity index (χ1) is 10.1. The van der Waals surface area contributed by atoms with E-state index in [1.54, 1.807) is 18.2 Å². The number of rotatable bonds is 5. The number of nitrogens with two attached hydrogens (primary N) is 1. The second-order valence-electron chi connectivity index (χ2n) is 4.41. The van der Waals surface area contributed by atoms with Crippen LogP contribution in [0.4, 0.5) is 5.69 Å². The van der Waals surface area contributed by atoms with Crippen LogP contribution in [-0.4, -0.2) is 12.3 Å². The van der Waals surface area contributed by atoms with E-state index in [2.05, 4.69) is 5.16 Å². The van der Waals surface area contributed by atoms with Gasteiger partial charge in [0.2, 0.25) is 0 Å². The molecule has 0 fully saturated rings. The van der Waals surface area contributed by atoms with Crippen LogP contribution >= 0.6 is 11.6 Å². The number of benzene rings is 2. The second-order valence-corrected chi connectivity index (χ2v) is 4.82. The average Bonchev–Trinajstić information content (AvgIpc) is 2.48. The van der Waals surface area contributed by atoms with Crippen molar-refractivity contribution in [1.82, 2.24) is 0 Å². The van der Waals surface area contributed by atoms with Crippen LogP contribution < -0.4 is 10.5 Å². The quantitative estimate of drug-likeness (QED) is 0.503. The lowest BCUT2D eigenvalue weighted by atomic mass is 10.1. The van der Waals surface area contributed by atoms with Crippen molar-refractivity contribution in [3.8, 4) is 11.5 Å². The Morgan fingerprint density at radius 1 is 1.24 bits per heavy atom. The van der Waals surface area contributed by atoms with Crippen LogP contribution in [0.2, 0.25) is 5.02 Å². The third-order valence-electron chi connectivity index (χ3n) is 2.77. The van der Waals surface area contributed by atoms with Crippen molar-refractivity contribution in [1.29, 1.82) is 0 Å². The minimum absolute atomic E-state index is 0.472. The fourth-order valence-corrected chi connectivity index (χ4v) is 1.95. The summed E-state index contributed by atoms with van der Waals surface area (Å²) >= 11 is 6.10. The van der Waals surface area contributed by atoms with Gasteiger partial charge in [0.15, 0.2) is 0 Å². The zero-order chi connectivity index (χ0) is 15.2. The first-order valence-corrected chi connectivity index (χ1v) is 6.98. The molecule has 0 aliphatic carbocycles. The summed E-state index contributed by atoms with van der Waals surface area (Å²) in [5, 5.41) is 4.48. The average molecular weight is 305 g/mol. The number of hydrogen-bond acceptors (Lipinski definition) is 4. The molecule has 4 nitrogen and oxygen atoms in total. The van der Waals surface area contributed by atoms with Crippen LogP contribution in [0.5, 0.6) is 11.5 Å². The smallest absolute Gasteiger partial charge is 0.146 e. The SMILES string of the molecule is CCON=C(C)c1cccc(Oc2ccc(N)cc2Cl)c1. The Labute approximate surface area is 129 Å². The van der Waals surface area contributed by atoms with E-state index >= 15 is 0 Å². The molecule has 110 valence electrons. The molecule has 2 N–H and O–H groups in total. The van der Waals surface area contributed by atoms with Crippen molar-refractivity contribution in [2.75, 3.05) is 12.3 Å². The highest BCUT2D eigenvalue weighted by molar-refractivity contribution is 6.32. The molecule has 0 unspecified atom stereocenters. The van der Waals surface area contributed by atoms with Gasteiger partial charge in [-0.05, 0) is 44.2 Å². The van der Waals surface area contributed by atoms with Crippen LogP contribution in [0.15, 0.2) is 47.6 Å². The van der Waals surface area contributed by atoms with Gasteiger partial charge in [-0.15, -0.1) is 0 Å². The third-order valence-corrected chi connectivity index (χ3v) is 3.06. The van der Waals surface area contributed by atoms with E-state index in [1.165, 1.54) is 0 Å². The highest BCUT2D eigenvalue weighted by Crippen LogP contribution is 2.31. The lowest BCUT2D eigenvalue weighted by molar-refractivity contribution is 0.159. The Hall–Kier alpha value is -2.20. The summed E-state index contributed by atoms with van der Waals surface area (Å²) in [6.07, 6.45) is 0. The van der Waals surface area contributed by atoms with E-state index in [0.29, 0.717) is 28.8 Å². The number of ether oxygens (including phenoxy) is 1. The number of nitrogen functional groups attached to an aromatic ring is 1. The summed E-state index contributed by atoms with van der Waals surface area (Å²) in [6, 6.07) is 12.7. The summed E-state index contributed by atoms with van der Waals surface area (Å²) in [6.45, 7) is 4.30. The predicted octanol–water partition coefficient (Wildman–Crippen LogP) is 4.48. The number of hydrogen-bond donors (Lipinski definition) is 1. The molecule has 5 heteroatoms. The monoisotopic (exact) mass is 304 g/mol. The molecule has 0 aliphatic rings. The van der Waals surface area contributed by atoms with Crippen molar-refractivity contribution in [3.63, 3.8) is 0 Å². The molecule has 0 aromatic heterocycles. The molecule has 2 aromatic carbocycles. The number of anilines is 1. The normalized spacial score (nSPS) is 11.3. The van der Waals surface area contributed by atoms with E-state index in [9.17, 15) is 0 Å². The highest BCUT2D eigenvalue weighted by atomic mass is 35.5. The van der Waals surface area contributed by atoms with Crippen LogP contribution in [0.3, 0.4) is 0 Å². The molecule has 21 heavy (non-hydrogen) atoms. The van der Waals surface area contributed by atoms with Crippen molar-refractivity contribution >= 4 is 23.0 Å². The highest BCUT2D eigenvalue weighted by Gasteiger charge is 2.05. The fourth-order valence-electron chi connectivity index (χ4n) is 1.73. The number of halogens is 1. The first kappa shape index (κ1) is 15.2. The third kappa shape index (κ3) is 4.13. The van der Waals surface area contributed by atoms with Crippen molar-refractivity contribution in [2.24, 2.45) is 5.16 Å². The minimum atomic E-state index is 0.472. The summed E-state index contributed by atoms with van der Waals surface area (Å²) in [5.41, 5.74) is 7.97. The number of nitrogens with zero attached hydrogens (tertiary/aromatic N) is 1. The molecule has 0 radical (unpaired) electrons. The molecular weight excluding hydrogens is 288 g/mol. The van der Waals surface area contributed by atoms with Gasteiger partial charge in [-0.1, -0.05) is 28.9 Å². The molecular formula is C16H17ClN2O2. The summed E-state index contributed by atoms with van der Waals surface area (Å²) in [5.74, 6) is 1.23. The van der Waals surface area contributed by atoms with Gasteiger partial charge in [0.1, 0.15) is 18.1 Å². The molecule has 0 heterocycles. The second kappa shape index (κ2) is 6.99. The van der Waals surface area contributed by atoms with Gasteiger partial charge in [-0.2, -0.15) is 0 Å². The van der Waals surface area contributed by atoms with E-state index in [1.807, 2.05) is 38.1 Å². The maximum absolute atomic E-state index is 6.10. The summed E-state index contributed by atoms with van der Waals surface area (Å²) in [7, 11) is 0. The minimum Gasteiger partial charge on any atom is -0.456 e. The molecule has 0 spiro atoms. The molecule has 0 saturated heterocycles. The van der Waals surface area contributed by atoms with Gasteiger partial charge in [0.05, 0.1) is 10.7 Å².